The summed E-state index contributed by atoms with van der Waals surface area (Å²) >= 11 is 0. The maximum atomic E-state index is 14.1. The van der Waals surface area contributed by atoms with Crippen LogP contribution in [0, 0.1) is 11.2 Å². The Hall–Kier alpha value is -2.96. The number of aromatic nitrogens is 1. The summed E-state index contributed by atoms with van der Waals surface area (Å²) in [6, 6.07) is 9.51. The van der Waals surface area contributed by atoms with Crippen LogP contribution in [-0.2, 0) is 10.3 Å². The number of rotatable bonds is 2. The van der Waals surface area contributed by atoms with Gasteiger partial charge in [0.1, 0.15) is 5.82 Å². The number of hydrogen-bond donors (Lipinski definition) is 3. The summed E-state index contributed by atoms with van der Waals surface area (Å²) in [7, 11) is 1.54. The highest BCUT2D eigenvalue weighted by molar-refractivity contribution is 5.98. The van der Waals surface area contributed by atoms with Crippen LogP contribution in [0.5, 0.6) is 0 Å². The SMILES string of the molecule is CN1C(=N)N[C@](C)(c2cccc(-c3cc(N)ccc3F)n2)CC1=O. The number of nitrogens with zero attached hydrogens (tertiary/aromatic N) is 2. The van der Waals surface area contributed by atoms with Crippen LogP contribution < -0.4 is 11.1 Å². The molecule has 1 aliphatic rings. The normalized spacial score (nSPS) is 20.9. The Morgan fingerprint density at radius 1 is 1.38 bits per heavy atom. The minimum Gasteiger partial charge on any atom is -0.399 e. The van der Waals surface area contributed by atoms with Crippen LogP contribution in [-0.4, -0.2) is 28.8 Å². The molecule has 1 fully saturated rings. The standard InChI is InChI=1S/C17H18FN5O/c1-17(9-15(24)23(2)16(20)22-17)14-5-3-4-13(21-14)11-8-10(19)6-7-12(11)18/h3-8H,9,19H2,1-2H3,(H2,20,22)/t17-/m0/s1. The number of guanidine groups is 1. The Balaban J connectivity index is 2.03. The van der Waals surface area contributed by atoms with Crippen molar-refractivity contribution < 1.29 is 9.18 Å². The fourth-order valence-electron chi connectivity index (χ4n) is 2.72. The second kappa shape index (κ2) is 5.59. The molecule has 1 aromatic heterocycles. The lowest BCUT2D eigenvalue weighted by Gasteiger charge is -2.38. The molecule has 0 radical (unpaired) electrons. The number of amides is 1. The van der Waals surface area contributed by atoms with E-state index < -0.39 is 11.4 Å². The molecule has 2 heterocycles. The van der Waals surface area contributed by atoms with E-state index in [4.69, 9.17) is 11.1 Å². The molecule has 1 aliphatic heterocycles. The molecule has 24 heavy (non-hydrogen) atoms. The van der Waals surface area contributed by atoms with Gasteiger partial charge in [0.15, 0.2) is 5.96 Å². The van der Waals surface area contributed by atoms with Crippen LogP contribution in [0.2, 0.25) is 0 Å². The molecule has 0 spiro atoms. The molecular formula is C17H18FN5O. The van der Waals surface area contributed by atoms with E-state index in [0.29, 0.717) is 22.6 Å². The summed E-state index contributed by atoms with van der Waals surface area (Å²) in [4.78, 5) is 17.8. The van der Waals surface area contributed by atoms with E-state index in [-0.39, 0.29) is 18.3 Å². The number of nitrogens with one attached hydrogen (secondary N) is 2. The molecule has 4 N–H and O–H groups in total. The van der Waals surface area contributed by atoms with Gasteiger partial charge in [-0.1, -0.05) is 6.07 Å². The molecule has 0 aliphatic carbocycles. The summed E-state index contributed by atoms with van der Waals surface area (Å²) in [5, 5.41) is 10.9. The second-order valence-corrected chi connectivity index (χ2v) is 6.08. The number of benzene rings is 1. The average molecular weight is 327 g/mol. The number of pyridine rings is 1. The number of halogens is 1. The van der Waals surface area contributed by atoms with Crippen LogP contribution >= 0.6 is 0 Å². The van der Waals surface area contributed by atoms with Gasteiger partial charge >= 0.3 is 0 Å². The van der Waals surface area contributed by atoms with Gasteiger partial charge in [0.25, 0.3) is 0 Å². The Morgan fingerprint density at radius 2 is 2.12 bits per heavy atom. The molecule has 0 saturated carbocycles. The van der Waals surface area contributed by atoms with Gasteiger partial charge in [0.2, 0.25) is 5.91 Å². The number of nitrogens with two attached hydrogens (primary N) is 1. The van der Waals surface area contributed by atoms with Gasteiger partial charge in [-0.25, -0.2) is 4.39 Å². The maximum absolute atomic E-state index is 14.1. The van der Waals surface area contributed by atoms with Crippen molar-refractivity contribution >= 4 is 17.6 Å². The van der Waals surface area contributed by atoms with Crippen LogP contribution in [0.25, 0.3) is 11.3 Å². The van der Waals surface area contributed by atoms with Gasteiger partial charge in [0, 0.05) is 18.3 Å². The Kier molecular flexibility index (Phi) is 3.71. The second-order valence-electron chi connectivity index (χ2n) is 6.08. The minimum absolute atomic E-state index is 0.0103. The van der Waals surface area contributed by atoms with E-state index in [9.17, 15) is 9.18 Å². The predicted molar refractivity (Wildman–Crippen MR) is 89.6 cm³/mol. The van der Waals surface area contributed by atoms with Crippen LogP contribution in [0.15, 0.2) is 36.4 Å². The highest BCUT2D eigenvalue weighted by Gasteiger charge is 2.39. The van der Waals surface area contributed by atoms with Crippen LogP contribution in [0.4, 0.5) is 10.1 Å². The van der Waals surface area contributed by atoms with E-state index in [0.717, 1.165) is 0 Å². The Labute approximate surface area is 139 Å². The molecule has 2 aromatic rings. The van der Waals surface area contributed by atoms with Crippen LogP contribution in [0.1, 0.15) is 19.0 Å². The van der Waals surface area contributed by atoms with E-state index in [1.54, 1.807) is 32.2 Å². The van der Waals surface area contributed by atoms with Gasteiger partial charge in [0.05, 0.1) is 23.3 Å². The molecule has 3 rings (SSSR count). The maximum Gasteiger partial charge on any atom is 0.231 e. The number of carbonyl (C=O) groups excluding carboxylic acids is 1. The van der Waals surface area contributed by atoms with Gasteiger partial charge in [-0.15, -0.1) is 0 Å². The molecule has 6 nitrogen and oxygen atoms in total. The molecule has 124 valence electrons. The van der Waals surface area contributed by atoms with Crippen LogP contribution in [0.3, 0.4) is 0 Å². The van der Waals surface area contributed by atoms with Crippen molar-refractivity contribution in [3.05, 3.63) is 47.9 Å². The summed E-state index contributed by atoms with van der Waals surface area (Å²) in [6.45, 7) is 1.80. The first-order chi connectivity index (χ1) is 11.3. The van der Waals surface area contributed by atoms with Gasteiger partial charge in [-0.05, 0) is 37.3 Å². The van der Waals surface area contributed by atoms with Gasteiger partial charge in [-0.2, -0.15) is 0 Å². The highest BCUT2D eigenvalue weighted by Crippen LogP contribution is 2.30. The number of anilines is 1. The van der Waals surface area contributed by atoms with Crippen molar-refractivity contribution in [3.8, 4) is 11.3 Å². The largest absolute Gasteiger partial charge is 0.399 e. The molecular weight excluding hydrogens is 309 g/mol. The lowest BCUT2D eigenvalue weighted by molar-refractivity contribution is -0.129. The zero-order chi connectivity index (χ0) is 17.5. The number of carbonyl (C=O) groups is 1. The fraction of sp³-hybridized carbons (Fsp3) is 0.235. The molecule has 1 aromatic carbocycles. The monoisotopic (exact) mass is 327 g/mol. The Bertz CT molecular complexity index is 817. The van der Waals surface area contributed by atoms with E-state index in [1.807, 2.05) is 0 Å². The summed E-state index contributed by atoms with van der Waals surface area (Å²) in [5.74, 6) is -0.584. The topological polar surface area (TPSA) is 95.1 Å². The summed E-state index contributed by atoms with van der Waals surface area (Å²) < 4.78 is 14.1. The van der Waals surface area contributed by atoms with E-state index >= 15 is 0 Å². The lowest BCUT2D eigenvalue weighted by atomic mass is 9.90. The third kappa shape index (κ3) is 2.68. The van der Waals surface area contributed by atoms with Gasteiger partial charge < -0.3 is 11.1 Å². The first kappa shape index (κ1) is 15.9. The summed E-state index contributed by atoms with van der Waals surface area (Å²) in [6.07, 6.45) is 0.155. The average Bonchev–Trinajstić information content (AvgIpc) is 2.55. The lowest BCUT2D eigenvalue weighted by Crippen LogP contribution is -2.58. The molecule has 1 amide bonds. The molecule has 7 heteroatoms. The quantitative estimate of drug-likeness (QED) is 0.736. The minimum atomic E-state index is -0.826. The zero-order valence-corrected chi connectivity index (χ0v) is 13.4. The zero-order valence-electron chi connectivity index (χ0n) is 13.4. The third-order valence-electron chi connectivity index (χ3n) is 4.19. The molecule has 1 saturated heterocycles. The molecule has 0 unspecified atom stereocenters. The fourth-order valence-corrected chi connectivity index (χ4v) is 2.72. The Morgan fingerprint density at radius 3 is 2.83 bits per heavy atom. The first-order valence-corrected chi connectivity index (χ1v) is 7.46. The number of hydrogen-bond acceptors (Lipinski definition) is 4. The number of nitrogen functional groups attached to an aromatic ring is 1. The van der Waals surface area contributed by atoms with Crippen molar-refractivity contribution in [3.63, 3.8) is 0 Å². The predicted octanol–water partition coefficient (Wildman–Crippen LogP) is 2.07. The molecule has 0 bridgehead atoms. The smallest absolute Gasteiger partial charge is 0.231 e. The third-order valence-corrected chi connectivity index (χ3v) is 4.19. The first-order valence-electron chi connectivity index (χ1n) is 7.46. The van der Waals surface area contributed by atoms with Gasteiger partial charge in [-0.3, -0.25) is 20.1 Å². The van der Waals surface area contributed by atoms with Crippen molar-refractivity contribution in [1.29, 1.82) is 5.41 Å². The van der Waals surface area contributed by atoms with Crippen molar-refractivity contribution in [2.24, 2.45) is 0 Å². The highest BCUT2D eigenvalue weighted by atomic mass is 19.1. The van der Waals surface area contributed by atoms with Crippen molar-refractivity contribution in [2.45, 2.75) is 18.9 Å². The van der Waals surface area contributed by atoms with Crippen molar-refractivity contribution in [2.75, 3.05) is 12.8 Å². The van der Waals surface area contributed by atoms with E-state index in [1.165, 1.54) is 23.1 Å². The van der Waals surface area contributed by atoms with E-state index in [2.05, 4.69) is 10.3 Å². The summed E-state index contributed by atoms with van der Waals surface area (Å²) in [5.41, 5.74) is 6.65. The van der Waals surface area contributed by atoms with Crippen molar-refractivity contribution in [1.82, 2.24) is 15.2 Å². The molecule has 1 atom stereocenters.